The summed E-state index contributed by atoms with van der Waals surface area (Å²) in [6.07, 6.45) is 5.90. The van der Waals surface area contributed by atoms with Crippen molar-refractivity contribution in [2.24, 2.45) is 0 Å². The molecule has 2 nitrogen and oxygen atoms in total. The molecular weight excluding hydrogens is 216 g/mol. The fourth-order valence-corrected chi connectivity index (χ4v) is 2.09. The van der Waals surface area contributed by atoms with Crippen molar-refractivity contribution in [1.82, 2.24) is 10.3 Å². The first-order chi connectivity index (χ1) is 7.92. The zero-order chi connectivity index (χ0) is 11.2. The maximum atomic E-state index is 4.14. The molecule has 1 aromatic heterocycles. The fraction of sp³-hybridized carbons (Fsp3) is 0.308. The maximum absolute atomic E-state index is 4.14. The molecule has 0 bridgehead atoms. The zero-order valence-corrected chi connectivity index (χ0v) is 10.3. The highest BCUT2D eigenvalue weighted by atomic mass is 32.2. The van der Waals surface area contributed by atoms with Crippen molar-refractivity contribution < 1.29 is 0 Å². The summed E-state index contributed by atoms with van der Waals surface area (Å²) in [5.74, 6) is 1.16. The van der Waals surface area contributed by atoms with E-state index < -0.39 is 0 Å². The average molecular weight is 232 g/mol. The number of nitrogens with zero attached hydrogens (tertiary/aromatic N) is 1. The van der Waals surface area contributed by atoms with Gasteiger partial charge in [-0.3, -0.25) is 4.98 Å². The highest BCUT2D eigenvalue weighted by molar-refractivity contribution is 7.98. The Morgan fingerprint density at radius 2 is 2.25 bits per heavy atom. The molecule has 0 aliphatic rings. The second-order valence-electron chi connectivity index (χ2n) is 3.68. The predicted octanol–water partition coefficient (Wildman–Crippen LogP) is 2.69. The van der Waals surface area contributed by atoms with E-state index in [9.17, 15) is 0 Å². The quantitative estimate of drug-likeness (QED) is 0.802. The molecule has 84 valence electrons. The van der Waals surface area contributed by atoms with Gasteiger partial charge in [0.05, 0.1) is 0 Å². The summed E-state index contributed by atoms with van der Waals surface area (Å²) in [5, 5.41) is 5.97. The maximum Gasteiger partial charge on any atom is 0.0346 e. The van der Waals surface area contributed by atoms with Gasteiger partial charge in [-0.05, 0) is 23.3 Å². The Morgan fingerprint density at radius 3 is 3.12 bits per heavy atom. The second-order valence-corrected chi connectivity index (χ2v) is 4.67. The van der Waals surface area contributed by atoms with Gasteiger partial charge in [-0.1, -0.05) is 18.2 Å². The number of rotatable bonds is 5. The number of hydrogen-bond acceptors (Lipinski definition) is 3. The van der Waals surface area contributed by atoms with Crippen molar-refractivity contribution in [2.75, 3.05) is 18.6 Å². The Kier molecular flexibility index (Phi) is 4.19. The van der Waals surface area contributed by atoms with Gasteiger partial charge in [0.15, 0.2) is 0 Å². The standard InChI is InChI=1S/C13H16N2S/c1-16-8-7-15-10-12-4-2-3-11-9-14-6-5-13(11)12/h2-6,9,15H,7-8,10H2,1H3. The van der Waals surface area contributed by atoms with Crippen molar-refractivity contribution in [2.45, 2.75) is 6.54 Å². The number of hydrogen-bond donors (Lipinski definition) is 1. The van der Waals surface area contributed by atoms with Gasteiger partial charge >= 0.3 is 0 Å². The van der Waals surface area contributed by atoms with Crippen molar-refractivity contribution in [3.05, 3.63) is 42.2 Å². The van der Waals surface area contributed by atoms with Gasteiger partial charge in [-0.25, -0.2) is 0 Å². The molecule has 0 aliphatic carbocycles. The molecule has 0 saturated heterocycles. The van der Waals surface area contributed by atoms with Crippen molar-refractivity contribution in [3.8, 4) is 0 Å². The van der Waals surface area contributed by atoms with Crippen LogP contribution in [0.15, 0.2) is 36.7 Å². The molecule has 16 heavy (non-hydrogen) atoms. The first kappa shape index (κ1) is 11.4. The van der Waals surface area contributed by atoms with Crippen LogP contribution in [0.1, 0.15) is 5.56 Å². The molecule has 0 radical (unpaired) electrons. The normalized spacial score (nSPS) is 10.8. The summed E-state index contributed by atoms with van der Waals surface area (Å²) < 4.78 is 0. The molecule has 3 heteroatoms. The SMILES string of the molecule is CSCCNCc1cccc2cnccc12. The molecule has 1 heterocycles. The average Bonchev–Trinajstić information content (AvgIpc) is 2.35. The first-order valence-electron chi connectivity index (χ1n) is 5.43. The lowest BCUT2D eigenvalue weighted by atomic mass is 10.1. The van der Waals surface area contributed by atoms with Gasteiger partial charge in [0.25, 0.3) is 0 Å². The number of pyridine rings is 1. The van der Waals surface area contributed by atoms with Gasteiger partial charge in [0.2, 0.25) is 0 Å². The molecule has 1 N–H and O–H groups in total. The van der Waals surface area contributed by atoms with E-state index in [4.69, 9.17) is 0 Å². The molecule has 0 saturated carbocycles. The summed E-state index contributed by atoms with van der Waals surface area (Å²) in [6.45, 7) is 1.99. The van der Waals surface area contributed by atoms with E-state index in [0.29, 0.717) is 0 Å². The van der Waals surface area contributed by atoms with Crippen LogP contribution in [0.3, 0.4) is 0 Å². The van der Waals surface area contributed by atoms with E-state index in [1.165, 1.54) is 16.3 Å². The highest BCUT2D eigenvalue weighted by Gasteiger charge is 1.99. The lowest BCUT2D eigenvalue weighted by Gasteiger charge is -2.07. The number of nitrogens with one attached hydrogen (secondary N) is 1. The lowest BCUT2D eigenvalue weighted by molar-refractivity contribution is 0.736. The molecule has 0 fully saturated rings. The second kappa shape index (κ2) is 5.87. The molecule has 0 spiro atoms. The van der Waals surface area contributed by atoms with Crippen LogP contribution in [0.4, 0.5) is 0 Å². The number of aromatic nitrogens is 1. The van der Waals surface area contributed by atoms with E-state index in [-0.39, 0.29) is 0 Å². The third-order valence-electron chi connectivity index (χ3n) is 2.57. The third-order valence-corrected chi connectivity index (χ3v) is 3.18. The van der Waals surface area contributed by atoms with Gasteiger partial charge in [-0.2, -0.15) is 11.8 Å². The Balaban J connectivity index is 2.11. The van der Waals surface area contributed by atoms with Crippen LogP contribution in [-0.2, 0) is 6.54 Å². The summed E-state index contributed by atoms with van der Waals surface area (Å²) in [4.78, 5) is 4.14. The molecule has 2 aromatic rings. The third kappa shape index (κ3) is 2.74. The molecule has 0 atom stereocenters. The van der Waals surface area contributed by atoms with E-state index in [1.54, 1.807) is 0 Å². The Morgan fingerprint density at radius 1 is 1.31 bits per heavy atom. The van der Waals surface area contributed by atoms with E-state index >= 15 is 0 Å². The fourth-order valence-electron chi connectivity index (χ4n) is 1.74. The minimum atomic E-state index is 0.932. The van der Waals surface area contributed by atoms with Crippen LogP contribution >= 0.6 is 11.8 Å². The van der Waals surface area contributed by atoms with Gasteiger partial charge in [-0.15, -0.1) is 0 Å². The summed E-state index contributed by atoms with van der Waals surface area (Å²) >= 11 is 1.87. The van der Waals surface area contributed by atoms with Crippen LogP contribution in [0.25, 0.3) is 10.8 Å². The zero-order valence-electron chi connectivity index (χ0n) is 9.44. The number of thioether (sulfide) groups is 1. The van der Waals surface area contributed by atoms with E-state index in [0.717, 1.165) is 18.8 Å². The number of benzene rings is 1. The Labute approximate surface area is 100 Å². The summed E-state index contributed by atoms with van der Waals surface area (Å²) in [5.41, 5.74) is 1.35. The van der Waals surface area contributed by atoms with Crippen LogP contribution in [0, 0.1) is 0 Å². The summed E-state index contributed by atoms with van der Waals surface area (Å²) in [7, 11) is 0. The van der Waals surface area contributed by atoms with Crippen molar-refractivity contribution in [1.29, 1.82) is 0 Å². The topological polar surface area (TPSA) is 24.9 Å². The first-order valence-corrected chi connectivity index (χ1v) is 6.82. The van der Waals surface area contributed by atoms with Crippen molar-refractivity contribution in [3.63, 3.8) is 0 Å². The largest absolute Gasteiger partial charge is 0.312 e. The van der Waals surface area contributed by atoms with Crippen LogP contribution < -0.4 is 5.32 Å². The molecule has 1 aromatic carbocycles. The minimum Gasteiger partial charge on any atom is -0.312 e. The smallest absolute Gasteiger partial charge is 0.0346 e. The van der Waals surface area contributed by atoms with E-state index in [1.807, 2.05) is 24.2 Å². The number of fused-ring (bicyclic) bond motifs is 1. The van der Waals surface area contributed by atoms with Crippen LogP contribution in [-0.4, -0.2) is 23.5 Å². The van der Waals surface area contributed by atoms with Crippen LogP contribution in [0.5, 0.6) is 0 Å². The van der Waals surface area contributed by atoms with Crippen LogP contribution in [0.2, 0.25) is 0 Å². The highest BCUT2D eigenvalue weighted by Crippen LogP contribution is 2.16. The minimum absolute atomic E-state index is 0.932. The monoisotopic (exact) mass is 232 g/mol. The summed E-state index contributed by atoms with van der Waals surface area (Å²) in [6, 6.07) is 8.46. The molecule has 2 rings (SSSR count). The van der Waals surface area contributed by atoms with Gasteiger partial charge in [0.1, 0.15) is 0 Å². The predicted molar refractivity (Wildman–Crippen MR) is 71.8 cm³/mol. The lowest BCUT2D eigenvalue weighted by Crippen LogP contribution is -2.16. The molecule has 0 unspecified atom stereocenters. The molecule has 0 aliphatic heterocycles. The Hall–Kier alpha value is -1.06. The molecular formula is C13H16N2S. The van der Waals surface area contributed by atoms with E-state index in [2.05, 4.69) is 40.8 Å². The van der Waals surface area contributed by atoms with Crippen molar-refractivity contribution >= 4 is 22.5 Å². The van der Waals surface area contributed by atoms with Gasteiger partial charge in [0, 0.05) is 36.6 Å². The van der Waals surface area contributed by atoms with Gasteiger partial charge < -0.3 is 5.32 Å². The molecule has 0 amide bonds. The Bertz CT molecular complexity index is 451.